The predicted octanol–water partition coefficient (Wildman–Crippen LogP) is 5.93. The van der Waals surface area contributed by atoms with Crippen LogP contribution < -0.4 is 5.32 Å². The van der Waals surface area contributed by atoms with Crippen LogP contribution in [0.3, 0.4) is 0 Å². The molecule has 1 fully saturated rings. The van der Waals surface area contributed by atoms with Crippen molar-refractivity contribution in [1.29, 1.82) is 0 Å². The molecule has 1 amide bonds. The van der Waals surface area contributed by atoms with Gasteiger partial charge in [-0.25, -0.2) is 4.98 Å². The molecule has 0 unspecified atom stereocenters. The van der Waals surface area contributed by atoms with Gasteiger partial charge in [0.2, 0.25) is 0 Å². The van der Waals surface area contributed by atoms with Crippen molar-refractivity contribution in [1.82, 2.24) is 40.3 Å². The summed E-state index contributed by atoms with van der Waals surface area (Å²) < 4.78 is 0. The number of H-pyrrole nitrogens is 3. The highest BCUT2D eigenvalue weighted by Gasteiger charge is 2.27. The number of nitrogens with zero attached hydrogens (tertiary/aromatic N) is 4. The van der Waals surface area contributed by atoms with Gasteiger partial charge in [0.15, 0.2) is 5.82 Å². The quantitative estimate of drug-likeness (QED) is 0.194. The van der Waals surface area contributed by atoms with Crippen LogP contribution in [-0.4, -0.2) is 60.6 Å². The summed E-state index contributed by atoms with van der Waals surface area (Å²) in [6, 6.07) is 14.7. The Bertz CT molecular complexity index is 1890. The van der Waals surface area contributed by atoms with Gasteiger partial charge in [0.25, 0.3) is 5.91 Å². The Morgan fingerprint density at radius 3 is 2.76 bits per heavy atom. The van der Waals surface area contributed by atoms with E-state index >= 15 is 0 Å². The van der Waals surface area contributed by atoms with E-state index in [0.717, 1.165) is 48.0 Å². The molecule has 42 heavy (non-hydrogen) atoms. The largest absolute Gasteiger partial charge is 0.361 e. The number of aromatic amines is 3. The van der Waals surface area contributed by atoms with Crippen molar-refractivity contribution in [2.45, 2.75) is 39.2 Å². The van der Waals surface area contributed by atoms with Gasteiger partial charge < -0.3 is 20.2 Å². The molecule has 0 bridgehead atoms. The smallest absolute Gasteiger partial charge is 0.271 e. The van der Waals surface area contributed by atoms with Gasteiger partial charge in [-0.15, -0.1) is 0 Å². The van der Waals surface area contributed by atoms with E-state index in [4.69, 9.17) is 0 Å². The summed E-state index contributed by atoms with van der Waals surface area (Å²) in [7, 11) is 0. The Labute approximate surface area is 243 Å². The zero-order valence-corrected chi connectivity index (χ0v) is 23.9. The summed E-state index contributed by atoms with van der Waals surface area (Å²) in [5, 5.41) is 13.3. The summed E-state index contributed by atoms with van der Waals surface area (Å²) in [4.78, 5) is 31.1. The molecule has 7 rings (SSSR count). The molecule has 1 aliphatic heterocycles. The van der Waals surface area contributed by atoms with E-state index in [0.29, 0.717) is 36.2 Å². The third-order valence-corrected chi connectivity index (χ3v) is 8.63. The molecule has 9 heteroatoms. The van der Waals surface area contributed by atoms with Crippen LogP contribution in [0.5, 0.6) is 0 Å². The molecule has 9 nitrogen and oxygen atoms in total. The van der Waals surface area contributed by atoms with Crippen molar-refractivity contribution < 1.29 is 4.79 Å². The van der Waals surface area contributed by atoms with E-state index < -0.39 is 0 Å². The van der Waals surface area contributed by atoms with Crippen LogP contribution in [0.1, 0.15) is 52.9 Å². The first-order chi connectivity index (χ1) is 20.6. The SMILES string of the molecule is CCNCc1cncc(-c2ccc3[nH]nc(-c4ncc(C(=O)N5CCC(c6c[nH]c7ccccc67)CC5)[nH]4)c3c2)c1C. The lowest BCUT2D eigenvalue weighted by Crippen LogP contribution is -2.38. The number of pyridine rings is 1. The van der Waals surface area contributed by atoms with E-state index in [-0.39, 0.29) is 5.91 Å². The van der Waals surface area contributed by atoms with E-state index in [9.17, 15) is 4.79 Å². The first-order valence-corrected chi connectivity index (χ1v) is 14.6. The van der Waals surface area contributed by atoms with Crippen LogP contribution >= 0.6 is 0 Å². The maximum absolute atomic E-state index is 13.4. The molecule has 4 aromatic heterocycles. The minimum Gasteiger partial charge on any atom is -0.361 e. The molecule has 1 saturated heterocycles. The fraction of sp³-hybridized carbons (Fsp3) is 0.273. The number of amides is 1. The summed E-state index contributed by atoms with van der Waals surface area (Å²) in [5.41, 5.74) is 9.14. The third-order valence-electron chi connectivity index (χ3n) is 8.63. The van der Waals surface area contributed by atoms with Gasteiger partial charge in [-0.05, 0) is 72.7 Å². The number of hydrogen-bond donors (Lipinski definition) is 4. The van der Waals surface area contributed by atoms with Crippen molar-refractivity contribution >= 4 is 27.7 Å². The lowest BCUT2D eigenvalue weighted by molar-refractivity contribution is 0.0708. The number of carbonyl (C=O) groups is 1. The molecule has 0 saturated carbocycles. The lowest BCUT2D eigenvalue weighted by Gasteiger charge is -2.31. The van der Waals surface area contributed by atoms with E-state index in [1.165, 1.54) is 27.6 Å². The van der Waals surface area contributed by atoms with Gasteiger partial charge in [-0.1, -0.05) is 31.2 Å². The molecule has 0 radical (unpaired) electrons. The zero-order chi connectivity index (χ0) is 28.6. The second-order valence-electron chi connectivity index (χ2n) is 11.1. The first-order valence-electron chi connectivity index (χ1n) is 14.6. The molecular weight excluding hydrogens is 524 g/mol. The highest BCUT2D eigenvalue weighted by molar-refractivity contribution is 5.96. The molecule has 0 atom stereocenters. The molecule has 212 valence electrons. The lowest BCUT2D eigenvalue weighted by atomic mass is 9.89. The number of aromatic nitrogens is 6. The van der Waals surface area contributed by atoms with Gasteiger partial charge in [0.05, 0.1) is 11.7 Å². The van der Waals surface area contributed by atoms with E-state index in [1.807, 2.05) is 23.4 Å². The Hall–Kier alpha value is -4.76. The van der Waals surface area contributed by atoms with Crippen molar-refractivity contribution in [2.75, 3.05) is 19.6 Å². The average molecular weight is 559 g/mol. The monoisotopic (exact) mass is 558 g/mol. The number of piperidine rings is 1. The average Bonchev–Trinajstić information content (AvgIpc) is 3.78. The molecule has 5 heterocycles. The molecule has 4 N–H and O–H groups in total. The number of carbonyl (C=O) groups excluding carboxylic acids is 1. The van der Waals surface area contributed by atoms with Crippen molar-refractivity contribution in [2.24, 2.45) is 0 Å². The number of likely N-dealkylation sites (tertiary alicyclic amines) is 1. The maximum Gasteiger partial charge on any atom is 0.271 e. The van der Waals surface area contributed by atoms with Crippen molar-refractivity contribution in [3.05, 3.63) is 89.6 Å². The van der Waals surface area contributed by atoms with E-state index in [1.54, 1.807) is 6.20 Å². The minimum atomic E-state index is -0.0224. The highest BCUT2D eigenvalue weighted by atomic mass is 16.2. The summed E-state index contributed by atoms with van der Waals surface area (Å²) >= 11 is 0. The van der Waals surface area contributed by atoms with Crippen LogP contribution in [0.4, 0.5) is 0 Å². The molecular formula is C33H34N8O. The van der Waals surface area contributed by atoms with Crippen LogP contribution in [-0.2, 0) is 6.54 Å². The van der Waals surface area contributed by atoms with Gasteiger partial charge in [-0.3, -0.25) is 14.9 Å². The fourth-order valence-corrected chi connectivity index (χ4v) is 6.21. The second kappa shape index (κ2) is 10.9. The number of rotatable bonds is 7. The van der Waals surface area contributed by atoms with E-state index in [2.05, 4.69) is 91.9 Å². The van der Waals surface area contributed by atoms with Crippen molar-refractivity contribution in [3.63, 3.8) is 0 Å². The molecule has 0 aliphatic carbocycles. The van der Waals surface area contributed by atoms with Crippen LogP contribution in [0, 0.1) is 6.92 Å². The van der Waals surface area contributed by atoms with Crippen LogP contribution in [0.15, 0.2) is 67.3 Å². The Balaban J connectivity index is 1.10. The number of benzene rings is 2. The molecule has 0 spiro atoms. The third kappa shape index (κ3) is 4.65. The van der Waals surface area contributed by atoms with Crippen LogP contribution in [0.25, 0.3) is 44.5 Å². The van der Waals surface area contributed by atoms with Gasteiger partial charge in [-0.2, -0.15) is 5.10 Å². The van der Waals surface area contributed by atoms with Gasteiger partial charge in [0.1, 0.15) is 11.4 Å². The Morgan fingerprint density at radius 1 is 1.05 bits per heavy atom. The minimum absolute atomic E-state index is 0.0224. The maximum atomic E-state index is 13.4. The van der Waals surface area contributed by atoms with Crippen LogP contribution in [0.2, 0.25) is 0 Å². The summed E-state index contributed by atoms with van der Waals surface area (Å²) in [5.74, 6) is 0.992. The standard InChI is InChI=1S/C33H34N8O/c1-3-34-15-23-16-35-17-26(20(23)2)22-8-9-29-25(14-22)31(40-39-29)32-37-19-30(38-32)33(42)41-12-10-21(11-13-41)27-18-36-28-7-5-4-6-24(27)28/h4-9,14,16-19,21,34,36H,3,10-13,15H2,1-2H3,(H,37,38)(H,39,40). The Kier molecular flexibility index (Phi) is 6.79. The van der Waals surface area contributed by atoms with Gasteiger partial charge >= 0.3 is 0 Å². The number of imidazole rings is 1. The van der Waals surface area contributed by atoms with Gasteiger partial charge in [0, 0.05) is 60.1 Å². The molecule has 6 aromatic rings. The normalized spacial score (nSPS) is 14.3. The zero-order valence-electron chi connectivity index (χ0n) is 23.9. The topological polar surface area (TPSA) is 118 Å². The number of hydrogen-bond acceptors (Lipinski definition) is 5. The highest BCUT2D eigenvalue weighted by Crippen LogP contribution is 2.34. The first kappa shape index (κ1) is 26.2. The summed E-state index contributed by atoms with van der Waals surface area (Å²) in [6.45, 7) is 7.36. The summed E-state index contributed by atoms with van der Waals surface area (Å²) in [6.07, 6.45) is 9.47. The molecule has 2 aromatic carbocycles. The number of para-hydroxylation sites is 1. The number of fused-ring (bicyclic) bond motifs is 2. The number of nitrogens with one attached hydrogen (secondary N) is 4. The molecule has 1 aliphatic rings. The predicted molar refractivity (Wildman–Crippen MR) is 165 cm³/mol. The Morgan fingerprint density at radius 2 is 1.90 bits per heavy atom. The second-order valence-corrected chi connectivity index (χ2v) is 11.1. The van der Waals surface area contributed by atoms with Crippen molar-refractivity contribution in [3.8, 4) is 22.6 Å². The fourth-order valence-electron chi connectivity index (χ4n) is 6.21.